The Morgan fingerprint density at radius 2 is 1.87 bits per heavy atom. The predicted octanol–water partition coefficient (Wildman–Crippen LogP) is 1.86. The van der Waals surface area contributed by atoms with E-state index < -0.39 is 0 Å². The zero-order valence-corrected chi connectivity index (χ0v) is 13.0. The molecule has 2 amide bonds. The molecule has 0 saturated heterocycles. The summed E-state index contributed by atoms with van der Waals surface area (Å²) >= 11 is 0. The number of amides is 2. The van der Waals surface area contributed by atoms with E-state index in [1.807, 2.05) is 24.3 Å². The van der Waals surface area contributed by atoms with Crippen LogP contribution >= 0.6 is 0 Å². The molecule has 1 aromatic carbocycles. The van der Waals surface area contributed by atoms with Crippen LogP contribution in [0.2, 0.25) is 0 Å². The molecule has 0 aliphatic carbocycles. The largest absolute Gasteiger partial charge is 0.459 e. The van der Waals surface area contributed by atoms with Crippen molar-refractivity contribution in [1.82, 2.24) is 10.6 Å². The number of hydrogen-bond donors (Lipinski definition) is 2. The molecular weight excluding hydrogens is 296 g/mol. The zero-order chi connectivity index (χ0) is 16.5. The van der Waals surface area contributed by atoms with Crippen LogP contribution in [0.5, 0.6) is 0 Å². The lowest BCUT2D eigenvalue weighted by atomic mass is 10.1. The number of carbonyl (C=O) groups is 2. The van der Waals surface area contributed by atoms with E-state index in [1.165, 1.54) is 6.26 Å². The van der Waals surface area contributed by atoms with E-state index in [4.69, 9.17) is 9.15 Å². The predicted molar refractivity (Wildman–Crippen MR) is 84.7 cm³/mol. The lowest BCUT2D eigenvalue weighted by molar-refractivity contribution is -0.121. The van der Waals surface area contributed by atoms with Crippen LogP contribution < -0.4 is 10.6 Å². The fraction of sp³-hybridized carbons (Fsp3) is 0.294. The Morgan fingerprint density at radius 3 is 2.57 bits per heavy atom. The monoisotopic (exact) mass is 316 g/mol. The second-order valence-corrected chi connectivity index (χ2v) is 4.96. The van der Waals surface area contributed by atoms with Gasteiger partial charge in [-0.15, -0.1) is 0 Å². The van der Waals surface area contributed by atoms with Crippen molar-refractivity contribution in [2.24, 2.45) is 0 Å². The van der Waals surface area contributed by atoms with Crippen LogP contribution in [0.25, 0.3) is 0 Å². The van der Waals surface area contributed by atoms with Gasteiger partial charge in [0.1, 0.15) is 0 Å². The summed E-state index contributed by atoms with van der Waals surface area (Å²) in [4.78, 5) is 23.5. The van der Waals surface area contributed by atoms with E-state index in [1.54, 1.807) is 19.2 Å². The third-order valence-electron chi connectivity index (χ3n) is 3.28. The van der Waals surface area contributed by atoms with E-state index in [0.717, 1.165) is 11.1 Å². The Morgan fingerprint density at radius 1 is 1.09 bits per heavy atom. The van der Waals surface area contributed by atoms with Crippen molar-refractivity contribution in [3.8, 4) is 0 Å². The van der Waals surface area contributed by atoms with Crippen LogP contribution in [-0.2, 0) is 22.7 Å². The van der Waals surface area contributed by atoms with Gasteiger partial charge in [0.05, 0.1) is 12.9 Å². The van der Waals surface area contributed by atoms with Crippen molar-refractivity contribution < 1.29 is 18.7 Å². The van der Waals surface area contributed by atoms with Gasteiger partial charge in [0, 0.05) is 26.6 Å². The van der Waals surface area contributed by atoms with Gasteiger partial charge < -0.3 is 19.8 Å². The fourth-order valence-electron chi connectivity index (χ4n) is 2.09. The fourth-order valence-corrected chi connectivity index (χ4v) is 2.09. The quantitative estimate of drug-likeness (QED) is 0.779. The number of methoxy groups -OCH3 is 1. The molecule has 2 rings (SSSR count). The summed E-state index contributed by atoms with van der Waals surface area (Å²) in [5, 5.41) is 5.47. The molecule has 0 fully saturated rings. The minimum Gasteiger partial charge on any atom is -0.459 e. The minimum atomic E-state index is -0.326. The van der Waals surface area contributed by atoms with Crippen molar-refractivity contribution in [2.45, 2.75) is 19.6 Å². The Balaban J connectivity index is 1.72. The standard InChI is InChI=1S/C17H20N2O4/c1-22-12-14-6-3-2-5-13(14)11-19-16(20)8-9-18-17(21)15-7-4-10-23-15/h2-7,10H,8-9,11-12H2,1H3,(H,18,21)(H,19,20). The van der Waals surface area contributed by atoms with E-state index in [-0.39, 0.29) is 30.5 Å². The zero-order valence-electron chi connectivity index (χ0n) is 13.0. The highest BCUT2D eigenvalue weighted by molar-refractivity contribution is 5.91. The average Bonchev–Trinajstić information content (AvgIpc) is 3.09. The van der Waals surface area contributed by atoms with Crippen LogP contribution in [0.4, 0.5) is 0 Å². The molecule has 0 aliphatic heterocycles. The third-order valence-corrected chi connectivity index (χ3v) is 3.28. The topological polar surface area (TPSA) is 80.6 Å². The van der Waals surface area contributed by atoms with Crippen molar-refractivity contribution in [3.63, 3.8) is 0 Å². The first-order valence-corrected chi connectivity index (χ1v) is 7.35. The molecule has 2 aromatic rings. The molecule has 23 heavy (non-hydrogen) atoms. The Kier molecular flexibility index (Phi) is 6.38. The van der Waals surface area contributed by atoms with Gasteiger partial charge in [-0.1, -0.05) is 24.3 Å². The summed E-state index contributed by atoms with van der Waals surface area (Å²) in [5.41, 5.74) is 2.06. The first kappa shape index (κ1) is 16.8. The number of rotatable bonds is 8. The number of benzene rings is 1. The molecule has 0 aliphatic rings. The summed E-state index contributed by atoms with van der Waals surface area (Å²) in [7, 11) is 1.64. The van der Waals surface area contributed by atoms with E-state index in [0.29, 0.717) is 13.2 Å². The normalized spacial score (nSPS) is 10.3. The van der Waals surface area contributed by atoms with E-state index in [9.17, 15) is 9.59 Å². The Bertz CT molecular complexity index is 638. The Labute approximate surface area is 134 Å². The highest BCUT2D eigenvalue weighted by atomic mass is 16.5. The van der Waals surface area contributed by atoms with Crippen molar-refractivity contribution in [1.29, 1.82) is 0 Å². The van der Waals surface area contributed by atoms with Crippen LogP contribution in [0.15, 0.2) is 47.1 Å². The van der Waals surface area contributed by atoms with E-state index in [2.05, 4.69) is 10.6 Å². The second kappa shape index (κ2) is 8.75. The number of hydrogen-bond acceptors (Lipinski definition) is 4. The molecule has 0 atom stereocenters. The average molecular weight is 316 g/mol. The molecule has 0 radical (unpaired) electrons. The molecule has 0 bridgehead atoms. The lowest BCUT2D eigenvalue weighted by Gasteiger charge is -2.10. The molecule has 0 saturated carbocycles. The first-order chi connectivity index (χ1) is 11.2. The highest BCUT2D eigenvalue weighted by Crippen LogP contribution is 2.09. The molecule has 0 unspecified atom stereocenters. The first-order valence-electron chi connectivity index (χ1n) is 7.35. The summed E-state index contributed by atoms with van der Waals surface area (Å²) < 4.78 is 10.1. The molecule has 0 spiro atoms. The van der Waals surface area contributed by atoms with Crippen LogP contribution in [0.1, 0.15) is 28.1 Å². The summed E-state index contributed by atoms with van der Waals surface area (Å²) in [6.45, 7) is 1.20. The van der Waals surface area contributed by atoms with Crippen LogP contribution in [0, 0.1) is 0 Å². The maximum Gasteiger partial charge on any atom is 0.286 e. The van der Waals surface area contributed by atoms with Gasteiger partial charge in [-0.25, -0.2) is 0 Å². The molecule has 122 valence electrons. The molecule has 1 aromatic heterocycles. The summed E-state index contributed by atoms with van der Waals surface area (Å²) in [5.74, 6) is -0.218. The van der Waals surface area contributed by atoms with Gasteiger partial charge in [-0.2, -0.15) is 0 Å². The van der Waals surface area contributed by atoms with Gasteiger partial charge >= 0.3 is 0 Å². The van der Waals surface area contributed by atoms with Crippen molar-refractivity contribution >= 4 is 11.8 Å². The second-order valence-electron chi connectivity index (χ2n) is 4.96. The van der Waals surface area contributed by atoms with Crippen molar-refractivity contribution in [2.75, 3.05) is 13.7 Å². The summed E-state index contributed by atoms with van der Waals surface area (Å²) in [6, 6.07) is 11.0. The number of ether oxygens (including phenoxy) is 1. The summed E-state index contributed by atoms with van der Waals surface area (Å²) in [6.07, 6.45) is 1.64. The highest BCUT2D eigenvalue weighted by Gasteiger charge is 2.09. The maximum atomic E-state index is 11.8. The lowest BCUT2D eigenvalue weighted by Crippen LogP contribution is -2.30. The SMILES string of the molecule is COCc1ccccc1CNC(=O)CCNC(=O)c1ccco1. The Hall–Kier alpha value is -2.60. The molecule has 6 heteroatoms. The molecule has 6 nitrogen and oxygen atoms in total. The molecule has 2 N–H and O–H groups in total. The van der Waals surface area contributed by atoms with E-state index >= 15 is 0 Å². The van der Waals surface area contributed by atoms with Gasteiger partial charge in [-0.3, -0.25) is 9.59 Å². The smallest absolute Gasteiger partial charge is 0.286 e. The van der Waals surface area contributed by atoms with Crippen LogP contribution in [-0.4, -0.2) is 25.5 Å². The molecular formula is C17H20N2O4. The van der Waals surface area contributed by atoms with Gasteiger partial charge in [0.25, 0.3) is 5.91 Å². The minimum absolute atomic E-state index is 0.128. The van der Waals surface area contributed by atoms with Gasteiger partial charge in [0.2, 0.25) is 5.91 Å². The van der Waals surface area contributed by atoms with Crippen molar-refractivity contribution in [3.05, 3.63) is 59.5 Å². The number of carbonyl (C=O) groups excluding carboxylic acids is 2. The number of nitrogens with one attached hydrogen (secondary N) is 2. The van der Waals surface area contributed by atoms with Gasteiger partial charge in [-0.05, 0) is 23.3 Å². The molecule has 1 heterocycles. The van der Waals surface area contributed by atoms with Gasteiger partial charge in [0.15, 0.2) is 5.76 Å². The van der Waals surface area contributed by atoms with Crippen LogP contribution in [0.3, 0.4) is 0 Å². The third kappa shape index (κ3) is 5.27. The number of furan rings is 1. The maximum absolute atomic E-state index is 11.8.